The first-order valence-electron chi connectivity index (χ1n) is 6.54. The van der Waals surface area contributed by atoms with Gasteiger partial charge in [0.25, 0.3) is 0 Å². The zero-order valence-corrected chi connectivity index (χ0v) is 10.9. The fraction of sp³-hybridized carbons (Fsp3) is 0.833. The highest BCUT2D eigenvalue weighted by atomic mass is 16.4. The topological polar surface area (TPSA) is 90.5 Å². The third kappa shape index (κ3) is 4.91. The van der Waals surface area contributed by atoms with E-state index in [0.29, 0.717) is 13.1 Å². The van der Waals surface area contributed by atoms with Crippen LogP contribution in [0.5, 0.6) is 0 Å². The van der Waals surface area contributed by atoms with Gasteiger partial charge in [-0.05, 0) is 38.8 Å². The average Bonchev–Trinajstić information content (AvgIpc) is 2.80. The second kappa shape index (κ2) is 7.92. The maximum absolute atomic E-state index is 11.4. The summed E-state index contributed by atoms with van der Waals surface area (Å²) in [5.74, 6) is -0.964. The van der Waals surface area contributed by atoms with Crippen LogP contribution in [0.2, 0.25) is 0 Å². The highest BCUT2D eigenvalue weighted by Gasteiger charge is 2.32. The third-order valence-electron chi connectivity index (χ3n) is 3.39. The molecule has 2 unspecified atom stereocenters. The molecule has 0 aromatic carbocycles. The van der Waals surface area contributed by atoms with E-state index in [-0.39, 0.29) is 17.9 Å². The maximum Gasteiger partial charge on any atom is 0.314 e. The molecule has 1 aliphatic carbocycles. The Morgan fingerprint density at radius 2 is 2.00 bits per heavy atom. The Morgan fingerprint density at radius 3 is 2.67 bits per heavy atom. The van der Waals surface area contributed by atoms with E-state index in [1.54, 1.807) is 0 Å². The van der Waals surface area contributed by atoms with Crippen LogP contribution in [-0.2, 0) is 4.79 Å². The van der Waals surface area contributed by atoms with E-state index in [0.717, 1.165) is 32.2 Å². The molecule has 6 heteroatoms. The Labute approximate surface area is 108 Å². The number of carbonyl (C=O) groups is 2. The summed E-state index contributed by atoms with van der Waals surface area (Å²) in [6.07, 6.45) is 3.43. The first-order chi connectivity index (χ1) is 8.65. The normalized spacial score (nSPS) is 22.7. The summed E-state index contributed by atoms with van der Waals surface area (Å²) in [5, 5.41) is 17.5. The van der Waals surface area contributed by atoms with Gasteiger partial charge in [0, 0.05) is 13.1 Å². The van der Waals surface area contributed by atoms with Crippen molar-refractivity contribution in [3.63, 3.8) is 0 Å². The van der Waals surface area contributed by atoms with E-state index < -0.39 is 5.97 Å². The Morgan fingerprint density at radius 1 is 1.22 bits per heavy atom. The molecule has 0 aromatic rings. The molecule has 0 saturated heterocycles. The Balaban J connectivity index is 2.15. The monoisotopic (exact) mass is 257 g/mol. The minimum atomic E-state index is -0.742. The highest BCUT2D eigenvalue weighted by molar-refractivity contribution is 5.74. The van der Waals surface area contributed by atoms with Crippen molar-refractivity contribution in [2.24, 2.45) is 11.8 Å². The lowest BCUT2D eigenvalue weighted by molar-refractivity contribution is -0.142. The number of hydrogen-bond donors (Lipinski definition) is 4. The molecule has 6 nitrogen and oxygen atoms in total. The molecule has 1 rings (SSSR count). The Bertz CT molecular complexity index is 284. The van der Waals surface area contributed by atoms with Gasteiger partial charge >= 0.3 is 12.0 Å². The third-order valence-corrected chi connectivity index (χ3v) is 3.39. The van der Waals surface area contributed by atoms with Crippen molar-refractivity contribution < 1.29 is 14.7 Å². The Hall–Kier alpha value is -1.30. The molecule has 0 aliphatic heterocycles. The summed E-state index contributed by atoms with van der Waals surface area (Å²) in [4.78, 5) is 22.4. The molecular weight excluding hydrogens is 234 g/mol. The number of nitrogens with one attached hydrogen (secondary N) is 3. The quantitative estimate of drug-likeness (QED) is 0.497. The molecular formula is C12H23N3O3. The molecule has 2 amide bonds. The molecule has 18 heavy (non-hydrogen) atoms. The van der Waals surface area contributed by atoms with Crippen LogP contribution in [0.4, 0.5) is 4.79 Å². The van der Waals surface area contributed by atoms with Crippen LogP contribution in [0.15, 0.2) is 0 Å². The number of carboxylic acid groups (broad SMARTS) is 1. The van der Waals surface area contributed by atoms with E-state index in [2.05, 4.69) is 16.0 Å². The first kappa shape index (κ1) is 14.8. The molecule has 1 fully saturated rings. The van der Waals surface area contributed by atoms with Gasteiger partial charge in [-0.15, -0.1) is 0 Å². The van der Waals surface area contributed by atoms with Gasteiger partial charge in [-0.25, -0.2) is 4.79 Å². The van der Waals surface area contributed by atoms with E-state index >= 15 is 0 Å². The van der Waals surface area contributed by atoms with Gasteiger partial charge in [-0.2, -0.15) is 0 Å². The fourth-order valence-electron chi connectivity index (χ4n) is 2.36. The Kier molecular flexibility index (Phi) is 6.49. The molecule has 0 radical (unpaired) electrons. The van der Waals surface area contributed by atoms with Crippen LogP contribution in [-0.4, -0.2) is 43.8 Å². The smallest absolute Gasteiger partial charge is 0.314 e. The SMILES string of the molecule is CNCCCNC(=O)NCC1CCCC1C(=O)O. The van der Waals surface area contributed by atoms with Crippen molar-refractivity contribution >= 4 is 12.0 Å². The minimum absolute atomic E-state index is 0.0746. The number of carbonyl (C=O) groups excluding carboxylic acids is 1. The van der Waals surface area contributed by atoms with Crippen molar-refractivity contribution in [1.82, 2.24) is 16.0 Å². The number of amides is 2. The van der Waals surface area contributed by atoms with E-state index in [1.807, 2.05) is 7.05 Å². The summed E-state index contributed by atoms with van der Waals surface area (Å²) in [5.41, 5.74) is 0. The number of carboxylic acids is 1. The zero-order valence-electron chi connectivity index (χ0n) is 10.9. The number of aliphatic carboxylic acids is 1. The largest absolute Gasteiger partial charge is 0.481 e. The molecule has 104 valence electrons. The van der Waals surface area contributed by atoms with Crippen LogP contribution in [0.1, 0.15) is 25.7 Å². The summed E-state index contributed by atoms with van der Waals surface area (Å²) in [7, 11) is 1.87. The summed E-state index contributed by atoms with van der Waals surface area (Å²) >= 11 is 0. The van der Waals surface area contributed by atoms with Gasteiger partial charge in [0.15, 0.2) is 0 Å². The zero-order chi connectivity index (χ0) is 13.4. The van der Waals surface area contributed by atoms with Crippen molar-refractivity contribution in [2.45, 2.75) is 25.7 Å². The van der Waals surface area contributed by atoms with Crippen LogP contribution in [0.25, 0.3) is 0 Å². The second-order valence-electron chi connectivity index (χ2n) is 4.73. The van der Waals surface area contributed by atoms with Crippen LogP contribution in [0.3, 0.4) is 0 Å². The lowest BCUT2D eigenvalue weighted by Crippen LogP contribution is -2.40. The summed E-state index contributed by atoms with van der Waals surface area (Å²) < 4.78 is 0. The van der Waals surface area contributed by atoms with Crippen molar-refractivity contribution in [3.8, 4) is 0 Å². The minimum Gasteiger partial charge on any atom is -0.481 e. The first-order valence-corrected chi connectivity index (χ1v) is 6.54. The van der Waals surface area contributed by atoms with Crippen LogP contribution < -0.4 is 16.0 Å². The molecule has 4 N–H and O–H groups in total. The van der Waals surface area contributed by atoms with Gasteiger partial charge in [0.1, 0.15) is 0 Å². The van der Waals surface area contributed by atoms with Gasteiger partial charge in [0.05, 0.1) is 5.92 Å². The lowest BCUT2D eigenvalue weighted by Gasteiger charge is -2.16. The molecule has 0 spiro atoms. The predicted octanol–water partition coefficient (Wildman–Crippen LogP) is 0.396. The van der Waals surface area contributed by atoms with Crippen molar-refractivity contribution in [3.05, 3.63) is 0 Å². The van der Waals surface area contributed by atoms with Crippen LogP contribution in [0, 0.1) is 11.8 Å². The molecule has 0 heterocycles. The average molecular weight is 257 g/mol. The summed E-state index contributed by atoms with van der Waals surface area (Å²) in [6.45, 7) is 1.94. The summed E-state index contributed by atoms with van der Waals surface area (Å²) in [6, 6.07) is -0.206. The number of hydrogen-bond acceptors (Lipinski definition) is 3. The number of urea groups is 1. The molecule has 0 aromatic heterocycles. The molecule has 1 aliphatic rings. The standard InChI is InChI=1S/C12H23N3O3/c1-13-6-3-7-14-12(18)15-8-9-4-2-5-10(9)11(16)17/h9-10,13H,2-8H2,1H3,(H,16,17)(H2,14,15,18). The second-order valence-corrected chi connectivity index (χ2v) is 4.73. The van der Waals surface area contributed by atoms with E-state index in [1.165, 1.54) is 0 Å². The van der Waals surface area contributed by atoms with Gasteiger partial charge in [-0.3, -0.25) is 4.79 Å². The van der Waals surface area contributed by atoms with Gasteiger partial charge in [0.2, 0.25) is 0 Å². The van der Waals surface area contributed by atoms with E-state index in [4.69, 9.17) is 5.11 Å². The molecule has 0 bridgehead atoms. The van der Waals surface area contributed by atoms with Gasteiger partial charge < -0.3 is 21.1 Å². The van der Waals surface area contributed by atoms with Gasteiger partial charge in [-0.1, -0.05) is 6.42 Å². The highest BCUT2D eigenvalue weighted by Crippen LogP contribution is 2.31. The maximum atomic E-state index is 11.4. The number of rotatable bonds is 7. The predicted molar refractivity (Wildman–Crippen MR) is 68.4 cm³/mol. The van der Waals surface area contributed by atoms with Crippen molar-refractivity contribution in [2.75, 3.05) is 26.7 Å². The van der Waals surface area contributed by atoms with Crippen molar-refractivity contribution in [1.29, 1.82) is 0 Å². The molecule has 2 atom stereocenters. The molecule has 1 saturated carbocycles. The fourth-order valence-corrected chi connectivity index (χ4v) is 2.36. The lowest BCUT2D eigenvalue weighted by atomic mass is 9.96. The van der Waals surface area contributed by atoms with E-state index in [9.17, 15) is 9.59 Å². The van der Waals surface area contributed by atoms with Crippen LogP contribution >= 0.6 is 0 Å².